The molecule has 2 aromatic heterocycles. The maximum atomic E-state index is 11.9. The van der Waals surface area contributed by atoms with Crippen LogP contribution >= 0.6 is 0 Å². The van der Waals surface area contributed by atoms with E-state index in [0.29, 0.717) is 25.2 Å². The van der Waals surface area contributed by atoms with Gasteiger partial charge in [0.25, 0.3) is 5.91 Å². The van der Waals surface area contributed by atoms with E-state index in [2.05, 4.69) is 27.1 Å². The van der Waals surface area contributed by atoms with Crippen molar-refractivity contribution >= 4 is 5.91 Å². The zero-order valence-corrected chi connectivity index (χ0v) is 11.5. The predicted octanol–water partition coefficient (Wildman–Crippen LogP) is 0.759. The van der Waals surface area contributed by atoms with Gasteiger partial charge in [-0.1, -0.05) is 17.9 Å². The first kappa shape index (κ1) is 14.7. The molecule has 0 aromatic carbocycles. The Morgan fingerprint density at radius 3 is 2.81 bits per heavy atom. The van der Waals surface area contributed by atoms with Crippen molar-refractivity contribution < 1.29 is 4.79 Å². The third-order valence-electron chi connectivity index (χ3n) is 2.72. The van der Waals surface area contributed by atoms with E-state index in [1.807, 2.05) is 18.2 Å². The maximum absolute atomic E-state index is 11.9. The summed E-state index contributed by atoms with van der Waals surface area (Å²) in [6, 6.07) is 9.11. The Morgan fingerprint density at radius 2 is 2.14 bits per heavy atom. The zero-order valence-electron chi connectivity index (χ0n) is 11.5. The van der Waals surface area contributed by atoms with Crippen LogP contribution in [0.15, 0.2) is 42.7 Å². The molecule has 3 N–H and O–H groups in total. The van der Waals surface area contributed by atoms with Crippen LogP contribution in [0.3, 0.4) is 0 Å². The summed E-state index contributed by atoms with van der Waals surface area (Å²) in [6.45, 7) is 0.821. The minimum absolute atomic E-state index is 0.204. The minimum atomic E-state index is -0.204. The third kappa shape index (κ3) is 4.71. The quantitative estimate of drug-likeness (QED) is 0.810. The molecule has 2 heterocycles. The number of rotatable bonds is 4. The Kier molecular flexibility index (Phi) is 5.44. The summed E-state index contributed by atoms with van der Waals surface area (Å²) < 4.78 is 0. The summed E-state index contributed by atoms with van der Waals surface area (Å²) in [5, 5.41) is 2.81. The van der Waals surface area contributed by atoms with Gasteiger partial charge in [0.15, 0.2) is 0 Å². The Labute approximate surface area is 123 Å². The van der Waals surface area contributed by atoms with Crippen molar-refractivity contribution in [3.63, 3.8) is 0 Å². The molecule has 1 amide bonds. The van der Waals surface area contributed by atoms with Gasteiger partial charge in [0.05, 0.1) is 6.54 Å². The molecule has 0 aliphatic rings. The van der Waals surface area contributed by atoms with Gasteiger partial charge in [-0.2, -0.15) is 0 Å². The number of hydrogen-bond donors (Lipinski definition) is 2. The van der Waals surface area contributed by atoms with Crippen molar-refractivity contribution in [3.8, 4) is 11.8 Å². The highest BCUT2D eigenvalue weighted by Gasteiger charge is 2.06. The van der Waals surface area contributed by atoms with Crippen molar-refractivity contribution in [2.45, 2.75) is 6.42 Å². The summed E-state index contributed by atoms with van der Waals surface area (Å²) in [7, 11) is 0. The second-order valence-corrected chi connectivity index (χ2v) is 4.26. The van der Waals surface area contributed by atoms with Gasteiger partial charge in [-0.05, 0) is 24.3 Å². The molecule has 21 heavy (non-hydrogen) atoms. The number of carbonyl (C=O) groups excluding carboxylic acids is 1. The predicted molar refractivity (Wildman–Crippen MR) is 80.4 cm³/mol. The molecule has 0 bridgehead atoms. The lowest BCUT2D eigenvalue weighted by Crippen LogP contribution is -2.26. The Hall–Kier alpha value is -2.71. The number of nitrogens with two attached hydrogens (primary N) is 1. The summed E-state index contributed by atoms with van der Waals surface area (Å²) in [5.41, 5.74) is 7.35. The van der Waals surface area contributed by atoms with Gasteiger partial charge in [0.1, 0.15) is 5.69 Å². The van der Waals surface area contributed by atoms with E-state index in [9.17, 15) is 4.79 Å². The highest BCUT2D eigenvalue weighted by Crippen LogP contribution is 1.99. The largest absolute Gasteiger partial charge is 0.350 e. The molecule has 0 saturated heterocycles. The van der Waals surface area contributed by atoms with Crippen LogP contribution in [-0.2, 0) is 6.42 Å². The van der Waals surface area contributed by atoms with Gasteiger partial charge in [0.2, 0.25) is 0 Å². The first-order valence-electron chi connectivity index (χ1n) is 6.62. The second kappa shape index (κ2) is 7.78. The molecule has 0 aliphatic heterocycles. The van der Waals surface area contributed by atoms with E-state index in [-0.39, 0.29) is 5.91 Å². The van der Waals surface area contributed by atoms with Crippen LogP contribution in [0.2, 0.25) is 0 Å². The first-order chi connectivity index (χ1) is 10.3. The van der Waals surface area contributed by atoms with Crippen molar-refractivity contribution in [2.24, 2.45) is 5.73 Å². The molecule has 0 fully saturated rings. The SMILES string of the molecule is NCC#Cc1ccc(C(=O)NCCc2ccccn2)nc1. The highest BCUT2D eigenvalue weighted by atomic mass is 16.1. The van der Waals surface area contributed by atoms with Gasteiger partial charge < -0.3 is 11.1 Å². The summed E-state index contributed by atoms with van der Waals surface area (Å²) >= 11 is 0. The number of amides is 1. The third-order valence-corrected chi connectivity index (χ3v) is 2.72. The van der Waals surface area contributed by atoms with Crippen molar-refractivity contribution in [1.29, 1.82) is 0 Å². The Bertz CT molecular complexity index is 641. The maximum Gasteiger partial charge on any atom is 0.269 e. The van der Waals surface area contributed by atoms with Gasteiger partial charge >= 0.3 is 0 Å². The number of hydrogen-bond acceptors (Lipinski definition) is 4. The Balaban J connectivity index is 1.85. The average Bonchev–Trinajstić information content (AvgIpc) is 2.54. The molecule has 0 atom stereocenters. The van der Waals surface area contributed by atoms with Gasteiger partial charge in [-0.3, -0.25) is 9.78 Å². The van der Waals surface area contributed by atoms with Gasteiger partial charge in [-0.25, -0.2) is 4.98 Å². The van der Waals surface area contributed by atoms with Crippen molar-refractivity contribution in [1.82, 2.24) is 15.3 Å². The summed E-state index contributed by atoms with van der Waals surface area (Å²) in [4.78, 5) is 20.2. The molecule has 0 saturated carbocycles. The van der Waals surface area contributed by atoms with E-state index < -0.39 is 0 Å². The minimum Gasteiger partial charge on any atom is -0.350 e. The van der Waals surface area contributed by atoms with E-state index in [1.165, 1.54) is 0 Å². The topological polar surface area (TPSA) is 80.9 Å². The standard InChI is InChI=1S/C16H16N4O/c17-9-3-4-13-6-7-15(20-12-13)16(21)19-11-8-14-5-1-2-10-18-14/h1-2,5-7,10,12H,8-9,11,17H2,(H,19,21). The van der Waals surface area contributed by atoms with Gasteiger partial charge in [0, 0.05) is 36.6 Å². The fourth-order valence-electron chi connectivity index (χ4n) is 1.70. The molecule has 0 aliphatic carbocycles. The fraction of sp³-hybridized carbons (Fsp3) is 0.188. The van der Waals surface area contributed by atoms with E-state index in [1.54, 1.807) is 24.5 Å². The lowest BCUT2D eigenvalue weighted by atomic mass is 10.2. The van der Waals surface area contributed by atoms with Crippen LogP contribution in [0.5, 0.6) is 0 Å². The lowest BCUT2D eigenvalue weighted by Gasteiger charge is -2.04. The molecule has 0 spiro atoms. The smallest absolute Gasteiger partial charge is 0.269 e. The number of nitrogens with one attached hydrogen (secondary N) is 1. The van der Waals surface area contributed by atoms with Crippen LogP contribution in [-0.4, -0.2) is 29.0 Å². The number of aromatic nitrogens is 2. The van der Waals surface area contributed by atoms with Crippen molar-refractivity contribution in [3.05, 3.63) is 59.7 Å². The van der Waals surface area contributed by atoms with Crippen LogP contribution in [0.25, 0.3) is 0 Å². The monoisotopic (exact) mass is 280 g/mol. The normalized spacial score (nSPS) is 9.57. The van der Waals surface area contributed by atoms with Crippen LogP contribution in [0.1, 0.15) is 21.7 Å². The summed E-state index contributed by atoms with van der Waals surface area (Å²) in [5.74, 6) is 5.39. The molecule has 2 rings (SSSR count). The Morgan fingerprint density at radius 1 is 1.24 bits per heavy atom. The molecule has 5 heteroatoms. The van der Waals surface area contributed by atoms with Crippen molar-refractivity contribution in [2.75, 3.05) is 13.1 Å². The van der Waals surface area contributed by atoms with Crippen LogP contribution in [0, 0.1) is 11.8 Å². The number of nitrogens with zero attached hydrogens (tertiary/aromatic N) is 2. The van der Waals surface area contributed by atoms with E-state index in [4.69, 9.17) is 5.73 Å². The van der Waals surface area contributed by atoms with Crippen LogP contribution < -0.4 is 11.1 Å². The summed E-state index contributed by atoms with van der Waals surface area (Å²) in [6.07, 6.45) is 3.99. The molecule has 0 radical (unpaired) electrons. The average molecular weight is 280 g/mol. The zero-order chi connectivity index (χ0) is 14.9. The van der Waals surface area contributed by atoms with Crippen LogP contribution in [0.4, 0.5) is 0 Å². The first-order valence-corrected chi connectivity index (χ1v) is 6.62. The number of pyridine rings is 2. The highest BCUT2D eigenvalue weighted by molar-refractivity contribution is 5.92. The van der Waals surface area contributed by atoms with Gasteiger partial charge in [-0.15, -0.1) is 0 Å². The molecule has 106 valence electrons. The van der Waals surface area contributed by atoms with E-state index in [0.717, 1.165) is 11.3 Å². The number of carbonyl (C=O) groups is 1. The molecule has 2 aromatic rings. The fourth-order valence-corrected chi connectivity index (χ4v) is 1.70. The molecular weight excluding hydrogens is 264 g/mol. The van der Waals surface area contributed by atoms with E-state index >= 15 is 0 Å². The molecule has 0 unspecified atom stereocenters. The molecular formula is C16H16N4O. The second-order valence-electron chi connectivity index (χ2n) is 4.26. The molecule has 5 nitrogen and oxygen atoms in total. The lowest BCUT2D eigenvalue weighted by molar-refractivity contribution is 0.0949.